The fourth-order valence-corrected chi connectivity index (χ4v) is 1.18. The zero-order valence-corrected chi connectivity index (χ0v) is 9.01. The van der Waals surface area contributed by atoms with E-state index in [0.29, 0.717) is 6.42 Å². The van der Waals surface area contributed by atoms with E-state index >= 15 is 0 Å². The van der Waals surface area contributed by atoms with E-state index in [4.69, 9.17) is 5.11 Å². The Morgan fingerprint density at radius 1 is 1.56 bits per heavy atom. The average molecular weight is 222 g/mol. The molecule has 0 aliphatic rings. The number of carboxylic acids is 1. The number of pyridine rings is 1. The van der Waals surface area contributed by atoms with Crippen molar-refractivity contribution in [2.45, 2.75) is 25.8 Å². The van der Waals surface area contributed by atoms with Crippen molar-refractivity contribution in [3.8, 4) is 0 Å². The van der Waals surface area contributed by atoms with E-state index in [1.807, 2.05) is 6.07 Å². The van der Waals surface area contributed by atoms with Gasteiger partial charge in [-0.1, -0.05) is 6.07 Å². The first-order valence-corrected chi connectivity index (χ1v) is 5.00. The lowest BCUT2D eigenvalue weighted by molar-refractivity contribution is -0.141. The third-order valence-corrected chi connectivity index (χ3v) is 2.11. The Morgan fingerprint density at radius 3 is 2.88 bits per heavy atom. The number of aliphatic carboxylic acids is 1. The first-order valence-electron chi connectivity index (χ1n) is 5.00. The number of amides is 1. The Balaban J connectivity index is 2.33. The van der Waals surface area contributed by atoms with Crippen molar-refractivity contribution in [1.82, 2.24) is 10.3 Å². The van der Waals surface area contributed by atoms with Gasteiger partial charge in [0.15, 0.2) is 0 Å². The van der Waals surface area contributed by atoms with Gasteiger partial charge in [-0.3, -0.25) is 14.6 Å². The molecule has 0 aromatic carbocycles. The minimum absolute atomic E-state index is 0.265. The van der Waals surface area contributed by atoms with Gasteiger partial charge in [0.25, 0.3) is 0 Å². The minimum Gasteiger partial charge on any atom is -0.480 e. The largest absolute Gasteiger partial charge is 0.480 e. The van der Waals surface area contributed by atoms with Gasteiger partial charge < -0.3 is 10.4 Å². The van der Waals surface area contributed by atoms with Crippen molar-refractivity contribution in [1.29, 1.82) is 0 Å². The zero-order valence-electron chi connectivity index (χ0n) is 9.01. The van der Waals surface area contributed by atoms with E-state index in [1.54, 1.807) is 18.5 Å². The molecule has 1 rings (SSSR count). The smallest absolute Gasteiger partial charge is 0.325 e. The molecule has 2 N–H and O–H groups in total. The Hall–Kier alpha value is -1.91. The van der Waals surface area contributed by atoms with Crippen LogP contribution in [-0.4, -0.2) is 28.0 Å². The van der Waals surface area contributed by atoms with Gasteiger partial charge in [0, 0.05) is 18.8 Å². The van der Waals surface area contributed by atoms with Gasteiger partial charge in [0.1, 0.15) is 6.04 Å². The molecule has 86 valence electrons. The molecule has 16 heavy (non-hydrogen) atoms. The van der Waals surface area contributed by atoms with Crippen LogP contribution in [0.1, 0.15) is 18.9 Å². The topological polar surface area (TPSA) is 79.3 Å². The van der Waals surface area contributed by atoms with Crippen LogP contribution < -0.4 is 5.32 Å². The van der Waals surface area contributed by atoms with Gasteiger partial charge in [0.05, 0.1) is 0 Å². The lowest BCUT2D eigenvalue weighted by Gasteiger charge is -2.08. The van der Waals surface area contributed by atoms with Crippen LogP contribution in [0.15, 0.2) is 24.5 Å². The molecular weight excluding hydrogens is 208 g/mol. The Kier molecular flexibility index (Phi) is 4.44. The monoisotopic (exact) mass is 222 g/mol. The normalized spacial score (nSPS) is 11.8. The Morgan fingerprint density at radius 2 is 2.31 bits per heavy atom. The number of aryl methyl sites for hydroxylation is 1. The van der Waals surface area contributed by atoms with Crippen molar-refractivity contribution in [3.05, 3.63) is 30.1 Å². The zero-order chi connectivity index (χ0) is 12.0. The summed E-state index contributed by atoms with van der Waals surface area (Å²) in [7, 11) is 0. The van der Waals surface area contributed by atoms with Gasteiger partial charge in [-0.05, 0) is 25.0 Å². The highest BCUT2D eigenvalue weighted by Gasteiger charge is 2.13. The number of hydrogen-bond acceptors (Lipinski definition) is 3. The van der Waals surface area contributed by atoms with Crippen molar-refractivity contribution in [2.24, 2.45) is 0 Å². The van der Waals surface area contributed by atoms with E-state index in [0.717, 1.165) is 5.56 Å². The molecule has 5 heteroatoms. The summed E-state index contributed by atoms with van der Waals surface area (Å²) in [6.45, 7) is 1.43. The number of hydrogen-bond donors (Lipinski definition) is 2. The Bertz CT molecular complexity index is 365. The first-order chi connectivity index (χ1) is 7.59. The van der Waals surface area contributed by atoms with Gasteiger partial charge >= 0.3 is 5.97 Å². The van der Waals surface area contributed by atoms with E-state index in [2.05, 4.69) is 10.3 Å². The van der Waals surface area contributed by atoms with Gasteiger partial charge in [-0.2, -0.15) is 0 Å². The summed E-state index contributed by atoms with van der Waals surface area (Å²) in [5.41, 5.74) is 0.959. The second-order valence-corrected chi connectivity index (χ2v) is 3.49. The number of aromatic nitrogens is 1. The quantitative estimate of drug-likeness (QED) is 0.764. The van der Waals surface area contributed by atoms with Crippen LogP contribution in [0, 0.1) is 0 Å². The molecular formula is C11H14N2O3. The number of carbonyl (C=O) groups excluding carboxylic acids is 1. The maximum absolute atomic E-state index is 11.3. The molecule has 0 aliphatic heterocycles. The molecule has 5 nitrogen and oxygen atoms in total. The molecule has 1 aromatic rings. The summed E-state index contributed by atoms with van der Waals surface area (Å²) in [4.78, 5) is 25.7. The third-order valence-electron chi connectivity index (χ3n) is 2.11. The second kappa shape index (κ2) is 5.85. The summed E-state index contributed by atoms with van der Waals surface area (Å²) >= 11 is 0. The number of carboxylic acid groups (broad SMARTS) is 1. The van der Waals surface area contributed by atoms with Gasteiger partial charge in [-0.25, -0.2) is 0 Å². The van der Waals surface area contributed by atoms with Crippen molar-refractivity contribution in [3.63, 3.8) is 0 Å². The number of nitrogens with one attached hydrogen (secondary N) is 1. The van der Waals surface area contributed by atoms with Crippen LogP contribution in [0.25, 0.3) is 0 Å². The molecule has 1 aromatic heterocycles. The average Bonchev–Trinajstić information content (AvgIpc) is 2.27. The maximum Gasteiger partial charge on any atom is 0.325 e. The van der Waals surface area contributed by atoms with Crippen LogP contribution in [-0.2, 0) is 16.0 Å². The molecule has 0 fully saturated rings. The Labute approximate surface area is 93.5 Å². The standard InChI is InChI=1S/C11H14N2O3/c1-8(11(15)16)13-10(14)5-4-9-3-2-6-12-7-9/h2-3,6-8H,4-5H2,1H3,(H,13,14)(H,15,16)/t8-/m0/s1. The van der Waals surface area contributed by atoms with Crippen LogP contribution in [0.5, 0.6) is 0 Å². The fourth-order valence-electron chi connectivity index (χ4n) is 1.18. The fraction of sp³-hybridized carbons (Fsp3) is 0.364. The highest BCUT2D eigenvalue weighted by atomic mass is 16.4. The molecule has 1 atom stereocenters. The summed E-state index contributed by atoms with van der Waals surface area (Å²) in [6.07, 6.45) is 4.18. The SMILES string of the molecule is C[C@H](NC(=O)CCc1cccnc1)C(=O)O. The summed E-state index contributed by atoms with van der Waals surface area (Å²) < 4.78 is 0. The molecule has 0 spiro atoms. The van der Waals surface area contributed by atoms with Crippen molar-refractivity contribution >= 4 is 11.9 Å². The predicted molar refractivity (Wildman–Crippen MR) is 57.8 cm³/mol. The summed E-state index contributed by atoms with van der Waals surface area (Å²) in [6, 6.07) is 2.83. The van der Waals surface area contributed by atoms with E-state index in [9.17, 15) is 9.59 Å². The summed E-state index contributed by atoms with van der Waals surface area (Å²) in [5, 5.41) is 11.0. The van der Waals surface area contributed by atoms with Crippen LogP contribution in [0.4, 0.5) is 0 Å². The highest BCUT2D eigenvalue weighted by Crippen LogP contribution is 2.00. The van der Waals surface area contributed by atoms with Crippen LogP contribution in [0.3, 0.4) is 0 Å². The molecule has 1 heterocycles. The van der Waals surface area contributed by atoms with Crippen molar-refractivity contribution in [2.75, 3.05) is 0 Å². The molecule has 0 saturated carbocycles. The molecule has 0 bridgehead atoms. The predicted octanol–water partition coefficient (Wildman–Crippen LogP) is 0.603. The molecule has 0 radical (unpaired) electrons. The minimum atomic E-state index is -1.03. The molecule has 0 aliphatic carbocycles. The van der Waals surface area contributed by atoms with E-state index in [1.165, 1.54) is 6.92 Å². The van der Waals surface area contributed by atoms with Crippen LogP contribution in [0.2, 0.25) is 0 Å². The number of rotatable bonds is 5. The second-order valence-electron chi connectivity index (χ2n) is 3.49. The maximum atomic E-state index is 11.3. The van der Waals surface area contributed by atoms with E-state index < -0.39 is 12.0 Å². The lowest BCUT2D eigenvalue weighted by Crippen LogP contribution is -2.38. The van der Waals surface area contributed by atoms with Crippen LogP contribution >= 0.6 is 0 Å². The third kappa shape index (κ3) is 4.08. The number of nitrogens with zero attached hydrogens (tertiary/aromatic N) is 1. The number of carbonyl (C=O) groups is 2. The van der Waals surface area contributed by atoms with Gasteiger partial charge in [0.2, 0.25) is 5.91 Å². The van der Waals surface area contributed by atoms with Crippen molar-refractivity contribution < 1.29 is 14.7 Å². The molecule has 0 saturated heterocycles. The highest BCUT2D eigenvalue weighted by molar-refractivity contribution is 5.83. The molecule has 0 unspecified atom stereocenters. The lowest BCUT2D eigenvalue weighted by atomic mass is 10.1. The molecule has 1 amide bonds. The first kappa shape index (κ1) is 12.2. The van der Waals surface area contributed by atoms with Gasteiger partial charge in [-0.15, -0.1) is 0 Å². The summed E-state index contributed by atoms with van der Waals surface area (Å²) in [5.74, 6) is -1.30. The van der Waals surface area contributed by atoms with E-state index in [-0.39, 0.29) is 12.3 Å².